The number of halogens is 1. The second-order valence-corrected chi connectivity index (χ2v) is 6.13. The second-order valence-electron chi connectivity index (χ2n) is 2.81. The summed E-state index contributed by atoms with van der Waals surface area (Å²) >= 11 is 6.75. The van der Waals surface area contributed by atoms with Crippen molar-refractivity contribution in [2.24, 2.45) is 0 Å². The summed E-state index contributed by atoms with van der Waals surface area (Å²) in [6, 6.07) is 4.11. The summed E-state index contributed by atoms with van der Waals surface area (Å²) in [5.74, 6) is 0. The highest BCUT2D eigenvalue weighted by atomic mass is 79.9. The van der Waals surface area contributed by atoms with E-state index in [2.05, 4.69) is 44.3 Å². The van der Waals surface area contributed by atoms with Gasteiger partial charge in [-0.15, -0.1) is 29.3 Å². The maximum absolute atomic E-state index is 4.48. The Labute approximate surface area is 105 Å². The van der Waals surface area contributed by atoms with E-state index in [-0.39, 0.29) is 0 Å². The maximum Gasteiger partial charge on any atom is 0.183 e. The van der Waals surface area contributed by atoms with Gasteiger partial charge in [0.1, 0.15) is 0 Å². The van der Waals surface area contributed by atoms with Crippen molar-refractivity contribution in [2.75, 3.05) is 11.9 Å². The molecule has 0 atom stereocenters. The van der Waals surface area contributed by atoms with Crippen molar-refractivity contribution in [3.63, 3.8) is 0 Å². The van der Waals surface area contributed by atoms with Gasteiger partial charge in [-0.05, 0) is 28.1 Å². The van der Waals surface area contributed by atoms with E-state index in [1.54, 1.807) is 22.7 Å². The zero-order valence-corrected chi connectivity index (χ0v) is 11.1. The second kappa shape index (κ2) is 4.92. The number of hydrogen-bond acceptors (Lipinski definition) is 4. The van der Waals surface area contributed by atoms with E-state index in [1.165, 1.54) is 4.88 Å². The normalized spacial score (nSPS) is 10.2. The number of nitrogens with zero attached hydrogens (tertiary/aromatic N) is 1. The third-order valence-corrected chi connectivity index (χ3v) is 4.17. The van der Waals surface area contributed by atoms with E-state index < -0.39 is 0 Å². The zero-order chi connectivity index (χ0) is 10.7. The molecule has 0 aromatic carbocycles. The molecule has 2 aromatic heterocycles. The van der Waals surface area contributed by atoms with Crippen LogP contribution < -0.4 is 5.32 Å². The fourth-order valence-electron chi connectivity index (χ4n) is 1.08. The number of thiophene rings is 1. The molecule has 0 saturated carbocycles. The molecule has 1 N–H and O–H groups in total. The van der Waals surface area contributed by atoms with Crippen molar-refractivity contribution in [1.82, 2.24) is 4.98 Å². The number of thiazole rings is 1. The first-order chi connectivity index (χ1) is 7.29. The summed E-state index contributed by atoms with van der Waals surface area (Å²) in [6.45, 7) is 4.41. The Kier molecular flexibility index (Phi) is 3.56. The van der Waals surface area contributed by atoms with Crippen LogP contribution in [0.5, 0.6) is 0 Å². The minimum Gasteiger partial charge on any atom is -0.358 e. The van der Waals surface area contributed by atoms with Gasteiger partial charge in [-0.2, -0.15) is 0 Å². The third kappa shape index (κ3) is 2.68. The van der Waals surface area contributed by atoms with E-state index in [1.807, 2.05) is 12.1 Å². The first-order valence-corrected chi connectivity index (χ1v) is 6.84. The van der Waals surface area contributed by atoms with Gasteiger partial charge < -0.3 is 5.32 Å². The van der Waals surface area contributed by atoms with Crippen LogP contribution in [-0.4, -0.2) is 11.5 Å². The lowest BCUT2D eigenvalue weighted by Gasteiger charge is -1.94. The molecule has 78 valence electrons. The molecule has 0 fully saturated rings. The molecule has 0 radical (unpaired) electrons. The molecule has 0 unspecified atom stereocenters. The minimum absolute atomic E-state index is 0.751. The van der Waals surface area contributed by atoms with Crippen molar-refractivity contribution in [1.29, 1.82) is 0 Å². The Morgan fingerprint density at radius 2 is 2.40 bits per heavy atom. The van der Waals surface area contributed by atoms with Crippen LogP contribution in [0.25, 0.3) is 10.6 Å². The highest BCUT2D eigenvalue weighted by molar-refractivity contribution is 9.11. The number of hydrogen-bond donors (Lipinski definition) is 1. The molecule has 0 aliphatic rings. The molecule has 0 aliphatic carbocycles. The first kappa shape index (κ1) is 10.9. The third-order valence-electron chi connectivity index (χ3n) is 1.73. The number of rotatable bonds is 4. The molecule has 2 nitrogen and oxygen atoms in total. The summed E-state index contributed by atoms with van der Waals surface area (Å²) in [4.78, 5) is 5.67. The van der Waals surface area contributed by atoms with Crippen LogP contribution in [0.15, 0.2) is 34.0 Å². The Hall–Kier alpha value is -0.650. The topological polar surface area (TPSA) is 24.9 Å². The number of aromatic nitrogens is 1. The van der Waals surface area contributed by atoms with Crippen LogP contribution in [-0.2, 0) is 0 Å². The molecule has 0 aliphatic heterocycles. The van der Waals surface area contributed by atoms with Crippen LogP contribution in [0.1, 0.15) is 0 Å². The predicted molar refractivity (Wildman–Crippen MR) is 71.8 cm³/mol. The standard InChI is InChI=1S/C10H9BrN2S2/c1-2-5-12-10-13-7(6-14-10)8-3-4-9(11)15-8/h2-4,6H,1,5H2,(H,12,13). The predicted octanol–water partition coefficient (Wildman–Crippen LogP) is 4.23. The molecule has 15 heavy (non-hydrogen) atoms. The lowest BCUT2D eigenvalue weighted by atomic mass is 10.4. The average Bonchev–Trinajstić information content (AvgIpc) is 2.83. The summed E-state index contributed by atoms with van der Waals surface area (Å²) < 4.78 is 1.13. The SMILES string of the molecule is C=CCNc1nc(-c2ccc(Br)s2)cs1. The lowest BCUT2D eigenvalue weighted by Crippen LogP contribution is -1.96. The fraction of sp³-hybridized carbons (Fsp3) is 0.100. The van der Waals surface area contributed by atoms with Crippen LogP contribution in [0.3, 0.4) is 0 Å². The van der Waals surface area contributed by atoms with Gasteiger partial charge in [0.15, 0.2) is 5.13 Å². The van der Waals surface area contributed by atoms with Crippen LogP contribution in [0, 0.1) is 0 Å². The van der Waals surface area contributed by atoms with Crippen LogP contribution in [0.2, 0.25) is 0 Å². The molecule has 2 heterocycles. The Bertz CT molecular complexity index is 461. The van der Waals surface area contributed by atoms with Crippen LogP contribution >= 0.6 is 38.6 Å². The minimum atomic E-state index is 0.751. The van der Waals surface area contributed by atoms with Gasteiger partial charge in [0.05, 0.1) is 14.4 Å². The number of nitrogens with one attached hydrogen (secondary N) is 1. The fourth-order valence-corrected chi connectivity index (χ4v) is 3.22. The van der Waals surface area contributed by atoms with Crippen molar-refractivity contribution in [3.05, 3.63) is 34.0 Å². The van der Waals surface area contributed by atoms with Crippen molar-refractivity contribution >= 4 is 43.7 Å². The molecular weight excluding hydrogens is 292 g/mol. The van der Waals surface area contributed by atoms with E-state index in [0.717, 1.165) is 21.2 Å². The molecule has 0 amide bonds. The lowest BCUT2D eigenvalue weighted by molar-refractivity contribution is 1.29. The summed E-state index contributed by atoms with van der Waals surface area (Å²) in [7, 11) is 0. The quantitative estimate of drug-likeness (QED) is 0.855. The van der Waals surface area contributed by atoms with Gasteiger partial charge in [-0.25, -0.2) is 4.98 Å². The largest absolute Gasteiger partial charge is 0.358 e. The molecule has 0 bridgehead atoms. The Morgan fingerprint density at radius 1 is 1.53 bits per heavy atom. The van der Waals surface area contributed by atoms with Crippen molar-refractivity contribution in [3.8, 4) is 10.6 Å². The Balaban J connectivity index is 2.16. The molecule has 5 heteroatoms. The number of anilines is 1. The van der Waals surface area contributed by atoms with Crippen molar-refractivity contribution in [2.45, 2.75) is 0 Å². The molecule has 0 spiro atoms. The summed E-state index contributed by atoms with van der Waals surface area (Å²) in [5, 5.41) is 6.17. The Morgan fingerprint density at radius 3 is 3.07 bits per heavy atom. The molecule has 2 aromatic rings. The van der Waals surface area contributed by atoms with Gasteiger partial charge in [0.25, 0.3) is 0 Å². The smallest absolute Gasteiger partial charge is 0.183 e. The average molecular weight is 301 g/mol. The van der Waals surface area contributed by atoms with E-state index in [0.29, 0.717) is 0 Å². The highest BCUT2D eigenvalue weighted by Gasteiger charge is 2.05. The first-order valence-electron chi connectivity index (χ1n) is 4.35. The maximum atomic E-state index is 4.48. The summed E-state index contributed by atoms with van der Waals surface area (Å²) in [6.07, 6.45) is 1.82. The summed E-state index contributed by atoms with van der Waals surface area (Å²) in [5.41, 5.74) is 1.03. The van der Waals surface area contributed by atoms with Gasteiger partial charge >= 0.3 is 0 Å². The monoisotopic (exact) mass is 300 g/mol. The van der Waals surface area contributed by atoms with E-state index in [9.17, 15) is 0 Å². The van der Waals surface area contributed by atoms with E-state index >= 15 is 0 Å². The van der Waals surface area contributed by atoms with E-state index in [4.69, 9.17) is 0 Å². The zero-order valence-electron chi connectivity index (χ0n) is 7.87. The highest BCUT2D eigenvalue weighted by Crippen LogP contribution is 2.32. The van der Waals surface area contributed by atoms with Gasteiger partial charge in [0, 0.05) is 11.9 Å². The van der Waals surface area contributed by atoms with Gasteiger partial charge in [0.2, 0.25) is 0 Å². The molecular formula is C10H9BrN2S2. The van der Waals surface area contributed by atoms with Gasteiger partial charge in [-0.1, -0.05) is 6.08 Å². The van der Waals surface area contributed by atoms with Gasteiger partial charge in [-0.3, -0.25) is 0 Å². The van der Waals surface area contributed by atoms with Crippen LogP contribution in [0.4, 0.5) is 5.13 Å². The molecule has 0 saturated heterocycles. The van der Waals surface area contributed by atoms with Crippen molar-refractivity contribution < 1.29 is 0 Å². The molecule has 2 rings (SSSR count).